The summed E-state index contributed by atoms with van der Waals surface area (Å²) in [6.45, 7) is 0. The van der Waals surface area contributed by atoms with Crippen molar-refractivity contribution in [1.82, 2.24) is 14.5 Å². The summed E-state index contributed by atoms with van der Waals surface area (Å²) >= 11 is 0. The van der Waals surface area contributed by atoms with Gasteiger partial charge in [-0.3, -0.25) is 0 Å². The molecule has 128 valence electrons. The minimum absolute atomic E-state index is 0.405. The first-order chi connectivity index (χ1) is 11.7. The van der Waals surface area contributed by atoms with Crippen molar-refractivity contribution >= 4 is 0 Å². The van der Waals surface area contributed by atoms with Gasteiger partial charge in [0.15, 0.2) is 0 Å². The Kier molecular flexibility index (Phi) is 4.40. The summed E-state index contributed by atoms with van der Waals surface area (Å²) in [6, 6.07) is 4.68. The molecule has 4 heteroatoms. The molecule has 2 heterocycles. The molecule has 0 atom stereocenters. The van der Waals surface area contributed by atoms with Crippen LogP contribution in [0.25, 0.3) is 11.3 Å². The fraction of sp³-hybridized carbons (Fsp3) is 0.600. The Bertz CT molecular complexity index is 693. The van der Waals surface area contributed by atoms with Crippen molar-refractivity contribution in [3.63, 3.8) is 0 Å². The van der Waals surface area contributed by atoms with Gasteiger partial charge in [0.05, 0.1) is 5.69 Å². The van der Waals surface area contributed by atoms with Gasteiger partial charge in [-0.2, -0.15) is 0 Å². The first kappa shape index (κ1) is 15.8. The zero-order valence-corrected chi connectivity index (χ0v) is 14.6. The SMILES string of the molecule is Cn1ccc(-c2ccnc(CC3CCC(N)CC3)n2)c1CC1CC1. The summed E-state index contributed by atoms with van der Waals surface area (Å²) in [5.74, 6) is 2.57. The van der Waals surface area contributed by atoms with Gasteiger partial charge in [0.1, 0.15) is 5.82 Å². The van der Waals surface area contributed by atoms with Gasteiger partial charge >= 0.3 is 0 Å². The molecule has 0 spiro atoms. The lowest BCUT2D eigenvalue weighted by atomic mass is 9.84. The summed E-state index contributed by atoms with van der Waals surface area (Å²) in [5.41, 5.74) is 9.82. The maximum atomic E-state index is 6.02. The number of nitrogens with zero attached hydrogens (tertiary/aromatic N) is 3. The lowest BCUT2D eigenvalue weighted by Gasteiger charge is -2.25. The Morgan fingerprint density at radius 3 is 2.50 bits per heavy atom. The highest BCUT2D eigenvalue weighted by Gasteiger charge is 2.25. The first-order valence-corrected chi connectivity index (χ1v) is 9.41. The van der Waals surface area contributed by atoms with Crippen molar-refractivity contribution in [3.05, 3.63) is 36.0 Å². The molecule has 4 rings (SSSR count). The van der Waals surface area contributed by atoms with Crippen LogP contribution in [0, 0.1) is 11.8 Å². The summed E-state index contributed by atoms with van der Waals surface area (Å²) < 4.78 is 2.26. The predicted molar refractivity (Wildman–Crippen MR) is 96.5 cm³/mol. The second-order valence-electron chi connectivity index (χ2n) is 7.78. The lowest BCUT2D eigenvalue weighted by Crippen LogP contribution is -2.27. The van der Waals surface area contributed by atoms with E-state index in [1.807, 2.05) is 6.20 Å². The van der Waals surface area contributed by atoms with Gasteiger partial charge < -0.3 is 10.3 Å². The topological polar surface area (TPSA) is 56.7 Å². The summed E-state index contributed by atoms with van der Waals surface area (Å²) in [4.78, 5) is 9.44. The molecule has 2 aliphatic carbocycles. The van der Waals surface area contributed by atoms with E-state index in [9.17, 15) is 0 Å². The third-order valence-electron chi connectivity index (χ3n) is 5.72. The van der Waals surface area contributed by atoms with Crippen LogP contribution >= 0.6 is 0 Å². The zero-order valence-electron chi connectivity index (χ0n) is 14.6. The molecule has 0 amide bonds. The van der Waals surface area contributed by atoms with E-state index in [0.29, 0.717) is 12.0 Å². The third-order valence-corrected chi connectivity index (χ3v) is 5.72. The van der Waals surface area contributed by atoms with Gasteiger partial charge in [-0.05, 0) is 68.9 Å². The average molecular weight is 324 g/mol. The van der Waals surface area contributed by atoms with Crippen LogP contribution < -0.4 is 5.73 Å². The van der Waals surface area contributed by atoms with E-state index in [1.54, 1.807) is 0 Å². The van der Waals surface area contributed by atoms with Crippen LogP contribution in [0.15, 0.2) is 24.5 Å². The molecule has 2 fully saturated rings. The molecule has 0 saturated heterocycles. The van der Waals surface area contributed by atoms with E-state index in [4.69, 9.17) is 10.7 Å². The molecular formula is C20H28N4. The Morgan fingerprint density at radius 2 is 1.75 bits per heavy atom. The lowest BCUT2D eigenvalue weighted by molar-refractivity contribution is 0.321. The largest absolute Gasteiger partial charge is 0.354 e. The normalized spacial score (nSPS) is 24.2. The number of hydrogen-bond acceptors (Lipinski definition) is 3. The maximum absolute atomic E-state index is 6.02. The second-order valence-corrected chi connectivity index (χ2v) is 7.78. The van der Waals surface area contributed by atoms with Crippen LogP contribution in [0.4, 0.5) is 0 Å². The highest BCUT2D eigenvalue weighted by molar-refractivity contribution is 5.62. The van der Waals surface area contributed by atoms with Crippen molar-refractivity contribution < 1.29 is 0 Å². The molecule has 4 nitrogen and oxygen atoms in total. The molecular weight excluding hydrogens is 296 g/mol. The van der Waals surface area contributed by atoms with Crippen LogP contribution in [0.1, 0.15) is 50.0 Å². The van der Waals surface area contributed by atoms with Crippen LogP contribution in [0.3, 0.4) is 0 Å². The molecule has 2 aromatic heterocycles. The maximum Gasteiger partial charge on any atom is 0.129 e. The highest BCUT2D eigenvalue weighted by Crippen LogP contribution is 2.35. The highest BCUT2D eigenvalue weighted by atomic mass is 14.9. The monoisotopic (exact) mass is 324 g/mol. The van der Waals surface area contributed by atoms with Crippen molar-refractivity contribution in [3.8, 4) is 11.3 Å². The third kappa shape index (κ3) is 3.54. The Labute approximate surface area is 144 Å². The van der Waals surface area contributed by atoms with Crippen molar-refractivity contribution in [2.75, 3.05) is 0 Å². The van der Waals surface area contributed by atoms with E-state index < -0.39 is 0 Å². The molecule has 0 bridgehead atoms. The molecule has 0 radical (unpaired) electrons. The van der Waals surface area contributed by atoms with Crippen molar-refractivity contribution in [1.29, 1.82) is 0 Å². The van der Waals surface area contributed by atoms with Crippen LogP contribution in [0.2, 0.25) is 0 Å². The Balaban J connectivity index is 1.52. The second kappa shape index (κ2) is 6.67. The number of aryl methyl sites for hydroxylation is 1. The summed E-state index contributed by atoms with van der Waals surface area (Å²) in [7, 11) is 2.15. The fourth-order valence-electron chi connectivity index (χ4n) is 3.94. The molecule has 2 aliphatic rings. The van der Waals surface area contributed by atoms with E-state index in [1.165, 1.54) is 43.4 Å². The van der Waals surface area contributed by atoms with Crippen LogP contribution in [0.5, 0.6) is 0 Å². The van der Waals surface area contributed by atoms with Crippen LogP contribution in [-0.4, -0.2) is 20.6 Å². The first-order valence-electron chi connectivity index (χ1n) is 9.41. The van der Waals surface area contributed by atoms with E-state index >= 15 is 0 Å². The number of aromatic nitrogens is 3. The zero-order chi connectivity index (χ0) is 16.5. The van der Waals surface area contributed by atoms with Crippen molar-refractivity contribution in [2.24, 2.45) is 24.6 Å². The molecule has 2 saturated carbocycles. The van der Waals surface area contributed by atoms with E-state index in [0.717, 1.165) is 36.7 Å². The van der Waals surface area contributed by atoms with Gasteiger partial charge in [0, 0.05) is 43.2 Å². The van der Waals surface area contributed by atoms with Crippen LogP contribution in [-0.2, 0) is 19.9 Å². The van der Waals surface area contributed by atoms with E-state index in [-0.39, 0.29) is 0 Å². The van der Waals surface area contributed by atoms with E-state index in [2.05, 4.69) is 34.9 Å². The minimum Gasteiger partial charge on any atom is -0.354 e. The molecule has 2 N–H and O–H groups in total. The number of rotatable bonds is 5. The Hall–Kier alpha value is -1.68. The number of hydrogen-bond donors (Lipinski definition) is 1. The summed E-state index contributed by atoms with van der Waals surface area (Å²) in [5, 5.41) is 0. The van der Waals surface area contributed by atoms with Gasteiger partial charge in [-0.1, -0.05) is 0 Å². The average Bonchev–Trinajstić information content (AvgIpc) is 3.33. The summed E-state index contributed by atoms with van der Waals surface area (Å²) in [6.07, 6.45) is 13.7. The van der Waals surface area contributed by atoms with Gasteiger partial charge in [-0.15, -0.1) is 0 Å². The quantitative estimate of drug-likeness (QED) is 0.916. The van der Waals surface area contributed by atoms with Gasteiger partial charge in [0.25, 0.3) is 0 Å². The van der Waals surface area contributed by atoms with Gasteiger partial charge in [0.2, 0.25) is 0 Å². The Morgan fingerprint density at radius 1 is 1.04 bits per heavy atom. The number of nitrogens with two attached hydrogens (primary N) is 1. The van der Waals surface area contributed by atoms with Gasteiger partial charge in [-0.25, -0.2) is 9.97 Å². The van der Waals surface area contributed by atoms with Crippen molar-refractivity contribution in [2.45, 2.75) is 57.4 Å². The smallest absolute Gasteiger partial charge is 0.129 e. The fourth-order valence-corrected chi connectivity index (χ4v) is 3.94. The minimum atomic E-state index is 0.405. The molecule has 24 heavy (non-hydrogen) atoms. The molecule has 0 aromatic carbocycles. The molecule has 2 aromatic rings. The predicted octanol–water partition coefficient (Wildman–Crippen LogP) is 3.49. The molecule has 0 unspecified atom stereocenters. The molecule has 0 aliphatic heterocycles. The standard InChI is InChI=1S/C20H28N4/c1-24-11-9-17(19(24)12-14-2-3-14)18-8-10-22-20(23-18)13-15-4-6-16(21)7-5-15/h8-11,14-16H,2-7,12-13,21H2,1H3.